The van der Waals surface area contributed by atoms with Crippen LogP contribution < -0.4 is 0 Å². The molecule has 0 bridgehead atoms. The second-order valence-corrected chi connectivity index (χ2v) is 6.26. The number of amides is 1. The summed E-state index contributed by atoms with van der Waals surface area (Å²) in [5.41, 5.74) is 2.43. The first-order valence-corrected chi connectivity index (χ1v) is 8.51. The normalized spacial score (nSPS) is 16.3. The predicted molar refractivity (Wildman–Crippen MR) is 91.7 cm³/mol. The van der Waals surface area contributed by atoms with Crippen molar-refractivity contribution in [3.05, 3.63) is 64.4 Å². The van der Waals surface area contributed by atoms with Gasteiger partial charge in [-0.05, 0) is 34.0 Å². The topological polar surface area (TPSA) is 23.6 Å². The third kappa shape index (κ3) is 4.06. The van der Waals surface area contributed by atoms with Crippen molar-refractivity contribution in [3.8, 4) is 0 Å². The number of carbonyl (C=O) groups excluding carboxylic acids is 1. The van der Waals surface area contributed by atoms with Crippen LogP contribution in [-0.2, 0) is 11.3 Å². The van der Waals surface area contributed by atoms with Crippen molar-refractivity contribution in [2.24, 2.45) is 0 Å². The van der Waals surface area contributed by atoms with E-state index in [1.807, 2.05) is 33.9 Å². The molecule has 1 saturated heterocycles. The first-order valence-electron chi connectivity index (χ1n) is 7.57. The maximum Gasteiger partial charge on any atom is 0.246 e. The highest BCUT2D eigenvalue weighted by Gasteiger charge is 2.19. The number of benzene rings is 1. The molecule has 1 aromatic heterocycles. The van der Waals surface area contributed by atoms with Crippen LogP contribution in [-0.4, -0.2) is 41.9 Å². The molecule has 1 amide bonds. The minimum Gasteiger partial charge on any atom is -0.337 e. The summed E-state index contributed by atoms with van der Waals surface area (Å²) in [6.45, 7) is 4.45. The van der Waals surface area contributed by atoms with Gasteiger partial charge in [-0.2, -0.15) is 11.3 Å². The number of nitrogens with zero attached hydrogens (tertiary/aromatic N) is 2. The van der Waals surface area contributed by atoms with Gasteiger partial charge in [-0.3, -0.25) is 9.69 Å². The number of piperazine rings is 1. The van der Waals surface area contributed by atoms with Crippen LogP contribution in [0.1, 0.15) is 11.1 Å². The molecular formula is C18H20N2OS. The zero-order valence-corrected chi connectivity index (χ0v) is 13.3. The Morgan fingerprint density at radius 2 is 1.86 bits per heavy atom. The molecule has 2 heterocycles. The van der Waals surface area contributed by atoms with Crippen LogP contribution in [0, 0.1) is 0 Å². The Hall–Kier alpha value is -1.91. The van der Waals surface area contributed by atoms with Crippen LogP contribution in [0.15, 0.2) is 53.2 Å². The van der Waals surface area contributed by atoms with Crippen LogP contribution >= 0.6 is 11.3 Å². The van der Waals surface area contributed by atoms with E-state index in [0.29, 0.717) is 0 Å². The number of hydrogen-bond acceptors (Lipinski definition) is 3. The molecule has 0 radical (unpaired) electrons. The summed E-state index contributed by atoms with van der Waals surface area (Å²) in [7, 11) is 0. The molecule has 0 N–H and O–H groups in total. The molecule has 1 aliphatic rings. The molecule has 0 unspecified atom stereocenters. The second kappa shape index (κ2) is 7.38. The lowest BCUT2D eigenvalue weighted by Crippen LogP contribution is -2.47. The van der Waals surface area contributed by atoms with E-state index >= 15 is 0 Å². The average molecular weight is 312 g/mol. The molecule has 3 rings (SSSR count). The van der Waals surface area contributed by atoms with Crippen LogP contribution in [0.25, 0.3) is 6.08 Å². The highest BCUT2D eigenvalue weighted by Crippen LogP contribution is 2.11. The molecule has 0 aliphatic carbocycles. The fourth-order valence-electron chi connectivity index (χ4n) is 2.61. The van der Waals surface area contributed by atoms with E-state index in [1.54, 1.807) is 17.4 Å². The number of rotatable bonds is 4. The zero-order chi connectivity index (χ0) is 15.2. The standard InChI is InChI=1S/C18H20N2OS/c21-18(7-6-17-8-13-22-15-17)20-11-9-19(10-12-20)14-16-4-2-1-3-5-16/h1-8,13,15H,9-12,14H2/b7-6+. The van der Waals surface area contributed by atoms with E-state index in [9.17, 15) is 4.79 Å². The molecular weight excluding hydrogens is 292 g/mol. The Bertz CT molecular complexity index is 614. The minimum absolute atomic E-state index is 0.116. The van der Waals surface area contributed by atoms with Crippen LogP contribution in [0.3, 0.4) is 0 Å². The van der Waals surface area contributed by atoms with Gasteiger partial charge in [-0.15, -0.1) is 0 Å². The first-order chi connectivity index (χ1) is 10.8. The molecule has 1 aromatic carbocycles. The molecule has 0 atom stereocenters. The minimum atomic E-state index is 0.116. The zero-order valence-electron chi connectivity index (χ0n) is 12.5. The molecule has 4 heteroatoms. The van der Waals surface area contributed by atoms with Gasteiger partial charge in [0.2, 0.25) is 5.91 Å². The lowest BCUT2D eigenvalue weighted by Gasteiger charge is -2.34. The maximum absolute atomic E-state index is 12.2. The van der Waals surface area contributed by atoms with Crippen LogP contribution in [0.5, 0.6) is 0 Å². The SMILES string of the molecule is O=C(/C=C/c1ccsc1)N1CCN(Cc2ccccc2)CC1. The van der Waals surface area contributed by atoms with Gasteiger partial charge in [-0.25, -0.2) is 0 Å². The number of hydrogen-bond donors (Lipinski definition) is 0. The van der Waals surface area contributed by atoms with E-state index in [4.69, 9.17) is 0 Å². The van der Waals surface area contributed by atoms with Crippen LogP contribution in [0.2, 0.25) is 0 Å². The molecule has 114 valence electrons. The van der Waals surface area contributed by atoms with E-state index in [1.165, 1.54) is 5.56 Å². The fourth-order valence-corrected chi connectivity index (χ4v) is 3.24. The molecule has 22 heavy (non-hydrogen) atoms. The van der Waals surface area contributed by atoms with Crippen molar-refractivity contribution in [2.45, 2.75) is 6.54 Å². The van der Waals surface area contributed by atoms with Crippen molar-refractivity contribution in [1.29, 1.82) is 0 Å². The van der Waals surface area contributed by atoms with E-state index in [0.717, 1.165) is 38.3 Å². The number of carbonyl (C=O) groups is 1. The Morgan fingerprint density at radius 1 is 1.09 bits per heavy atom. The van der Waals surface area contributed by atoms with Crippen LogP contribution in [0.4, 0.5) is 0 Å². The van der Waals surface area contributed by atoms with Gasteiger partial charge >= 0.3 is 0 Å². The molecule has 0 spiro atoms. The predicted octanol–water partition coefficient (Wildman–Crippen LogP) is 3.11. The third-order valence-corrected chi connectivity index (χ3v) is 4.60. The third-order valence-electron chi connectivity index (χ3n) is 3.89. The lowest BCUT2D eigenvalue weighted by atomic mass is 10.2. The molecule has 1 aliphatic heterocycles. The molecule has 0 saturated carbocycles. The van der Waals surface area contributed by atoms with Crippen molar-refractivity contribution in [1.82, 2.24) is 9.80 Å². The molecule has 3 nitrogen and oxygen atoms in total. The largest absolute Gasteiger partial charge is 0.337 e. The second-order valence-electron chi connectivity index (χ2n) is 5.48. The van der Waals surface area contributed by atoms with Gasteiger partial charge in [0.25, 0.3) is 0 Å². The van der Waals surface area contributed by atoms with Crippen molar-refractivity contribution in [2.75, 3.05) is 26.2 Å². The Morgan fingerprint density at radius 3 is 2.55 bits per heavy atom. The van der Waals surface area contributed by atoms with Crippen molar-refractivity contribution in [3.63, 3.8) is 0 Å². The summed E-state index contributed by atoms with van der Waals surface area (Å²) in [4.78, 5) is 16.5. The first kappa shape index (κ1) is 15.0. The van der Waals surface area contributed by atoms with Gasteiger partial charge < -0.3 is 4.90 Å². The smallest absolute Gasteiger partial charge is 0.246 e. The van der Waals surface area contributed by atoms with Crippen molar-refractivity contribution < 1.29 is 4.79 Å². The Labute approximate surface area is 135 Å². The summed E-state index contributed by atoms with van der Waals surface area (Å²) in [5.74, 6) is 0.116. The average Bonchev–Trinajstić information content (AvgIpc) is 3.08. The summed E-state index contributed by atoms with van der Waals surface area (Å²) in [6.07, 6.45) is 3.59. The summed E-state index contributed by atoms with van der Waals surface area (Å²) in [6, 6.07) is 12.5. The summed E-state index contributed by atoms with van der Waals surface area (Å²) >= 11 is 1.65. The quantitative estimate of drug-likeness (QED) is 0.810. The molecule has 1 fully saturated rings. The van der Waals surface area contributed by atoms with Gasteiger partial charge in [0.05, 0.1) is 0 Å². The van der Waals surface area contributed by atoms with Gasteiger partial charge in [0.15, 0.2) is 0 Å². The highest BCUT2D eigenvalue weighted by molar-refractivity contribution is 7.08. The number of thiophene rings is 1. The van der Waals surface area contributed by atoms with E-state index < -0.39 is 0 Å². The Kier molecular flexibility index (Phi) is 5.03. The van der Waals surface area contributed by atoms with Gasteiger partial charge in [0, 0.05) is 38.8 Å². The summed E-state index contributed by atoms with van der Waals surface area (Å²) in [5, 5.41) is 4.06. The maximum atomic E-state index is 12.2. The monoisotopic (exact) mass is 312 g/mol. The lowest BCUT2D eigenvalue weighted by molar-refractivity contribution is -0.127. The Balaban J connectivity index is 1.48. The van der Waals surface area contributed by atoms with Gasteiger partial charge in [0.1, 0.15) is 0 Å². The van der Waals surface area contributed by atoms with Gasteiger partial charge in [-0.1, -0.05) is 30.3 Å². The van der Waals surface area contributed by atoms with E-state index in [-0.39, 0.29) is 5.91 Å². The molecule has 2 aromatic rings. The summed E-state index contributed by atoms with van der Waals surface area (Å²) < 4.78 is 0. The fraction of sp³-hybridized carbons (Fsp3) is 0.278. The van der Waals surface area contributed by atoms with Crippen molar-refractivity contribution >= 4 is 23.3 Å². The highest BCUT2D eigenvalue weighted by atomic mass is 32.1. The van der Waals surface area contributed by atoms with E-state index in [2.05, 4.69) is 29.2 Å².